The number of fused-ring (bicyclic) bond motifs is 1. The molecule has 1 amide bonds. The number of nitrogens with zero attached hydrogens (tertiary/aromatic N) is 5. The van der Waals surface area contributed by atoms with Gasteiger partial charge in [0.1, 0.15) is 24.2 Å². The van der Waals surface area contributed by atoms with Crippen molar-refractivity contribution in [2.75, 3.05) is 24.2 Å². The molecule has 0 unspecified atom stereocenters. The number of para-hydroxylation sites is 1. The normalized spacial score (nSPS) is 11.7. The molecule has 0 bridgehead atoms. The molecule has 10 nitrogen and oxygen atoms in total. The monoisotopic (exact) mass is 494 g/mol. The number of carbonyl (C=O) groups excluding carboxylic acids is 1. The first-order valence-corrected chi connectivity index (χ1v) is 11.9. The first-order valence-electron chi connectivity index (χ1n) is 11.9. The van der Waals surface area contributed by atoms with Crippen LogP contribution in [0.4, 0.5) is 11.6 Å². The van der Waals surface area contributed by atoms with Crippen LogP contribution in [0.1, 0.15) is 34.5 Å². The number of hydrogen-bond acceptors (Lipinski definition) is 9. The average Bonchev–Trinajstić information content (AvgIpc) is 3.48. The highest BCUT2D eigenvalue weighted by atomic mass is 16.3. The summed E-state index contributed by atoms with van der Waals surface area (Å²) in [5.74, 6) is 1.43. The zero-order valence-electron chi connectivity index (χ0n) is 20.5. The van der Waals surface area contributed by atoms with E-state index in [2.05, 4.69) is 47.8 Å². The zero-order chi connectivity index (χ0) is 25.6. The third-order valence-electron chi connectivity index (χ3n) is 6.05. The third-order valence-corrected chi connectivity index (χ3v) is 6.05. The van der Waals surface area contributed by atoms with Crippen molar-refractivity contribution in [1.29, 1.82) is 0 Å². The Hall–Kier alpha value is -4.86. The summed E-state index contributed by atoms with van der Waals surface area (Å²) in [6.07, 6.45) is 7.98. The molecular weight excluding hydrogens is 468 g/mol. The number of hydrogen-bond donors (Lipinski definition) is 3. The van der Waals surface area contributed by atoms with Crippen LogP contribution >= 0.6 is 0 Å². The van der Waals surface area contributed by atoms with Gasteiger partial charge in [0.2, 0.25) is 0 Å². The maximum atomic E-state index is 12.3. The number of anilines is 2. The minimum Gasteiger partial charge on any atom is -0.451 e. The van der Waals surface area contributed by atoms with Gasteiger partial charge >= 0.3 is 0 Å². The van der Waals surface area contributed by atoms with Crippen LogP contribution in [0, 0.1) is 0 Å². The van der Waals surface area contributed by atoms with Crippen molar-refractivity contribution in [3.05, 3.63) is 90.7 Å². The van der Waals surface area contributed by atoms with E-state index in [4.69, 9.17) is 4.42 Å². The van der Waals surface area contributed by atoms with Gasteiger partial charge in [-0.25, -0.2) is 19.9 Å². The summed E-state index contributed by atoms with van der Waals surface area (Å²) >= 11 is 0. The van der Waals surface area contributed by atoms with Crippen LogP contribution < -0.4 is 16.0 Å². The lowest BCUT2D eigenvalue weighted by Gasteiger charge is -2.16. The van der Waals surface area contributed by atoms with Crippen LogP contribution in [-0.4, -0.2) is 44.4 Å². The molecular formula is C27H26N8O2. The van der Waals surface area contributed by atoms with Gasteiger partial charge in [0, 0.05) is 48.9 Å². The molecule has 0 saturated heterocycles. The van der Waals surface area contributed by atoms with E-state index in [1.54, 1.807) is 31.8 Å². The topological polar surface area (TPSA) is 131 Å². The van der Waals surface area contributed by atoms with Gasteiger partial charge in [-0.05, 0) is 23.8 Å². The number of oxazole rings is 1. The van der Waals surface area contributed by atoms with Crippen molar-refractivity contribution in [1.82, 2.24) is 30.2 Å². The number of rotatable bonds is 9. The molecule has 37 heavy (non-hydrogen) atoms. The van der Waals surface area contributed by atoms with Crippen molar-refractivity contribution >= 4 is 28.4 Å². The Bertz CT molecular complexity index is 1500. The van der Waals surface area contributed by atoms with Gasteiger partial charge in [0.25, 0.3) is 5.91 Å². The predicted molar refractivity (Wildman–Crippen MR) is 141 cm³/mol. The minimum atomic E-state index is -0.128. The smallest absolute Gasteiger partial charge is 0.251 e. The lowest BCUT2D eigenvalue weighted by Crippen LogP contribution is -2.18. The molecule has 10 heteroatoms. The largest absolute Gasteiger partial charge is 0.451 e. The summed E-state index contributed by atoms with van der Waals surface area (Å²) < 4.78 is 4.98. The minimum absolute atomic E-state index is 0.117. The molecule has 4 heterocycles. The number of amides is 1. The summed E-state index contributed by atoms with van der Waals surface area (Å²) in [6.45, 7) is 3.28. The van der Waals surface area contributed by atoms with E-state index in [-0.39, 0.29) is 11.8 Å². The molecule has 3 N–H and O–H groups in total. The van der Waals surface area contributed by atoms with Crippen molar-refractivity contribution < 1.29 is 9.21 Å². The van der Waals surface area contributed by atoms with E-state index in [1.165, 1.54) is 12.7 Å². The summed E-state index contributed by atoms with van der Waals surface area (Å²) in [4.78, 5) is 34.2. The molecule has 0 radical (unpaired) electrons. The Morgan fingerprint density at radius 3 is 2.70 bits per heavy atom. The molecule has 1 atom stereocenters. The fourth-order valence-electron chi connectivity index (χ4n) is 4.06. The molecule has 0 aliphatic heterocycles. The molecule has 0 fully saturated rings. The molecule has 0 saturated carbocycles. The second kappa shape index (κ2) is 10.8. The van der Waals surface area contributed by atoms with Crippen LogP contribution in [0.15, 0.2) is 78.3 Å². The van der Waals surface area contributed by atoms with Gasteiger partial charge in [-0.15, -0.1) is 0 Å². The molecule has 5 aromatic rings. The van der Waals surface area contributed by atoms with Crippen LogP contribution in [0.25, 0.3) is 22.2 Å². The Labute approximate surface area is 213 Å². The highest BCUT2D eigenvalue weighted by molar-refractivity contribution is 6.06. The van der Waals surface area contributed by atoms with Crippen molar-refractivity contribution in [2.45, 2.75) is 19.4 Å². The van der Waals surface area contributed by atoms with Crippen molar-refractivity contribution in [3.63, 3.8) is 0 Å². The molecule has 0 spiro atoms. The molecule has 5 rings (SSSR count). The van der Waals surface area contributed by atoms with E-state index in [0.29, 0.717) is 24.5 Å². The molecule has 0 aliphatic rings. The highest BCUT2D eigenvalue weighted by Gasteiger charge is 2.15. The molecule has 0 aliphatic carbocycles. The maximum absolute atomic E-state index is 12.3. The van der Waals surface area contributed by atoms with Crippen LogP contribution in [0.3, 0.4) is 0 Å². The number of benzene rings is 1. The molecule has 4 aromatic heterocycles. The standard InChI is InChI=1S/C27H26N8O2/c1-17(20-4-3-5-21-22(27(36)28-2)8-9-29-26(20)21)11-30-25-10-23(33-15-34-25)18-6-7-24(31-12-18)32-13-19-14-37-16-35-19/h3-10,12,14-17H,11,13H2,1-2H3,(H,28,36)(H,31,32)(H,30,33,34)/t17-/m1/s1. The van der Waals surface area contributed by atoms with Gasteiger partial charge in [-0.3, -0.25) is 9.78 Å². The predicted octanol–water partition coefficient (Wildman–Crippen LogP) is 4.26. The molecule has 1 aromatic carbocycles. The lowest BCUT2D eigenvalue weighted by molar-refractivity contribution is 0.0964. The quantitative estimate of drug-likeness (QED) is 0.275. The van der Waals surface area contributed by atoms with E-state index >= 15 is 0 Å². The lowest BCUT2D eigenvalue weighted by atomic mass is 9.96. The van der Waals surface area contributed by atoms with Crippen molar-refractivity contribution in [2.24, 2.45) is 0 Å². The Morgan fingerprint density at radius 2 is 1.92 bits per heavy atom. The average molecular weight is 495 g/mol. The fraction of sp³-hybridized carbons (Fsp3) is 0.185. The first kappa shape index (κ1) is 23.9. The van der Waals surface area contributed by atoms with Crippen molar-refractivity contribution in [3.8, 4) is 11.3 Å². The van der Waals surface area contributed by atoms with Gasteiger partial charge in [0.05, 0.1) is 29.0 Å². The molecule has 186 valence electrons. The summed E-state index contributed by atoms with van der Waals surface area (Å²) in [5.41, 5.74) is 4.95. The number of nitrogens with one attached hydrogen (secondary N) is 3. The van der Waals surface area contributed by atoms with E-state index < -0.39 is 0 Å². The van der Waals surface area contributed by atoms with Gasteiger partial charge in [-0.1, -0.05) is 25.1 Å². The van der Waals surface area contributed by atoms with Crippen LogP contribution in [-0.2, 0) is 6.54 Å². The Morgan fingerprint density at radius 1 is 1.00 bits per heavy atom. The third kappa shape index (κ3) is 5.37. The second-order valence-corrected chi connectivity index (χ2v) is 8.52. The number of aromatic nitrogens is 5. The fourth-order valence-corrected chi connectivity index (χ4v) is 4.06. The summed E-state index contributed by atoms with van der Waals surface area (Å²) in [5, 5.41) is 10.1. The van der Waals surface area contributed by atoms with Gasteiger partial charge in [0.15, 0.2) is 6.39 Å². The van der Waals surface area contributed by atoms with E-state index in [1.807, 2.05) is 36.4 Å². The Balaban J connectivity index is 1.27. The van der Waals surface area contributed by atoms with E-state index in [9.17, 15) is 4.79 Å². The summed E-state index contributed by atoms with van der Waals surface area (Å²) in [7, 11) is 1.63. The number of carbonyl (C=O) groups is 1. The first-order chi connectivity index (χ1) is 18.1. The Kier molecular flexibility index (Phi) is 6.98. The summed E-state index contributed by atoms with van der Waals surface area (Å²) in [6, 6.07) is 13.4. The zero-order valence-corrected chi connectivity index (χ0v) is 20.5. The van der Waals surface area contributed by atoms with E-state index in [0.717, 1.165) is 39.2 Å². The second-order valence-electron chi connectivity index (χ2n) is 8.52. The van der Waals surface area contributed by atoms with Crippen LogP contribution in [0.5, 0.6) is 0 Å². The highest BCUT2D eigenvalue weighted by Crippen LogP contribution is 2.27. The van der Waals surface area contributed by atoms with Gasteiger partial charge in [-0.2, -0.15) is 0 Å². The number of pyridine rings is 2. The van der Waals surface area contributed by atoms with Gasteiger partial charge < -0.3 is 20.4 Å². The SMILES string of the molecule is CNC(=O)c1ccnc2c([C@H](C)CNc3cc(-c4ccc(NCc5cocn5)nc4)ncn3)cccc12. The van der Waals surface area contributed by atoms with Crippen LogP contribution in [0.2, 0.25) is 0 Å². The maximum Gasteiger partial charge on any atom is 0.251 e.